The van der Waals surface area contributed by atoms with Crippen LogP contribution in [0.3, 0.4) is 0 Å². The number of nitrogens with two attached hydrogens (primary N) is 1. The molecule has 2 aromatic rings. The molecule has 0 aromatic heterocycles. The van der Waals surface area contributed by atoms with E-state index in [1.165, 1.54) is 50.6 Å². The quantitative estimate of drug-likeness (QED) is 0.445. The van der Waals surface area contributed by atoms with Gasteiger partial charge in [0.1, 0.15) is 0 Å². The number of nitrogens with one attached hydrogen (secondary N) is 1. The highest BCUT2D eigenvalue weighted by Crippen LogP contribution is 2.28. The second-order valence-electron chi connectivity index (χ2n) is 6.67. The molecule has 0 atom stereocenters. The van der Waals surface area contributed by atoms with E-state index in [1.54, 1.807) is 0 Å². The second-order valence-corrected chi connectivity index (χ2v) is 6.67. The Morgan fingerprint density at radius 3 is 2.38 bits per heavy atom. The van der Waals surface area contributed by atoms with Crippen LogP contribution in [0, 0.1) is 0 Å². The Labute approximate surface area is 182 Å². The average Bonchev–Trinajstić information content (AvgIpc) is 2.99. The van der Waals surface area contributed by atoms with Crippen LogP contribution in [0.25, 0.3) is 0 Å². The minimum Gasteiger partial charge on any atom is -0.493 e. The predicted octanol–water partition coefficient (Wildman–Crippen LogP) is 0.581. The number of hydrogen-bond acceptors (Lipinski definition) is 8. The molecule has 166 valence electrons. The third-order valence-corrected chi connectivity index (χ3v) is 4.48. The van der Waals surface area contributed by atoms with Crippen molar-refractivity contribution in [1.82, 2.24) is 4.90 Å². The normalized spacial score (nSPS) is 12.2. The molecule has 0 unspecified atom stereocenters. The molecule has 4 amide bonds. The van der Waals surface area contributed by atoms with E-state index >= 15 is 0 Å². The lowest BCUT2D eigenvalue weighted by Crippen LogP contribution is -2.24. The summed E-state index contributed by atoms with van der Waals surface area (Å²) in [5.41, 5.74) is 5.82. The minimum absolute atomic E-state index is 0.0887. The summed E-state index contributed by atoms with van der Waals surface area (Å²) < 4.78 is 15.3. The van der Waals surface area contributed by atoms with Crippen LogP contribution in [0.4, 0.5) is 5.69 Å². The van der Waals surface area contributed by atoms with Crippen LogP contribution < -0.4 is 20.5 Å². The number of primary amides is 1. The van der Waals surface area contributed by atoms with E-state index in [0.717, 1.165) is 4.90 Å². The molecule has 0 spiro atoms. The number of fused-ring (bicyclic) bond motifs is 1. The molecule has 0 radical (unpaired) electrons. The molecule has 32 heavy (non-hydrogen) atoms. The van der Waals surface area contributed by atoms with Gasteiger partial charge in [-0.25, -0.2) is 4.79 Å². The number of imide groups is 1. The fraction of sp³-hybridized carbons (Fsp3) is 0.190. The first-order valence-electron chi connectivity index (χ1n) is 9.23. The Kier molecular flexibility index (Phi) is 6.38. The van der Waals surface area contributed by atoms with E-state index < -0.39 is 36.2 Å². The zero-order valence-corrected chi connectivity index (χ0v) is 17.2. The molecule has 1 aliphatic heterocycles. The third kappa shape index (κ3) is 4.67. The summed E-state index contributed by atoms with van der Waals surface area (Å²) in [6.45, 7) is -0.954. The van der Waals surface area contributed by atoms with Crippen molar-refractivity contribution in [3.8, 4) is 11.5 Å². The smallest absolute Gasteiger partial charge is 0.338 e. The molecule has 1 heterocycles. The Balaban J connectivity index is 1.60. The summed E-state index contributed by atoms with van der Waals surface area (Å²) in [5.74, 6) is -2.62. The lowest BCUT2D eigenvalue weighted by atomic mass is 10.1. The number of rotatable bonds is 8. The number of nitrogens with zero attached hydrogens (tertiary/aromatic N) is 1. The van der Waals surface area contributed by atoms with Crippen molar-refractivity contribution in [1.29, 1.82) is 0 Å². The number of benzene rings is 2. The Bertz CT molecular complexity index is 1130. The molecule has 0 saturated carbocycles. The van der Waals surface area contributed by atoms with Crippen LogP contribution in [0.2, 0.25) is 0 Å². The van der Waals surface area contributed by atoms with Crippen LogP contribution in [-0.4, -0.2) is 61.9 Å². The van der Waals surface area contributed by atoms with E-state index in [0.29, 0.717) is 0 Å². The molecular weight excluding hydrogens is 422 g/mol. The maximum atomic E-state index is 12.3. The van der Waals surface area contributed by atoms with Crippen molar-refractivity contribution < 1.29 is 38.2 Å². The van der Waals surface area contributed by atoms with Gasteiger partial charge in [0.05, 0.1) is 23.8 Å². The Hall–Kier alpha value is -4.41. The summed E-state index contributed by atoms with van der Waals surface area (Å²) in [6.07, 6.45) is 0. The molecular formula is C21H19N3O8. The van der Waals surface area contributed by atoms with Crippen molar-refractivity contribution in [2.24, 2.45) is 5.73 Å². The lowest BCUT2D eigenvalue weighted by molar-refractivity contribution is -0.120. The van der Waals surface area contributed by atoms with Crippen LogP contribution >= 0.6 is 0 Å². The van der Waals surface area contributed by atoms with Crippen molar-refractivity contribution in [3.05, 3.63) is 53.1 Å². The molecule has 11 nitrogen and oxygen atoms in total. The van der Waals surface area contributed by atoms with Crippen molar-refractivity contribution >= 4 is 35.3 Å². The Morgan fingerprint density at radius 2 is 1.69 bits per heavy atom. The van der Waals surface area contributed by atoms with E-state index in [-0.39, 0.29) is 40.5 Å². The highest BCUT2D eigenvalue weighted by molar-refractivity contribution is 6.21. The maximum Gasteiger partial charge on any atom is 0.338 e. The molecule has 11 heteroatoms. The fourth-order valence-electron chi connectivity index (χ4n) is 2.91. The number of amides is 4. The van der Waals surface area contributed by atoms with Crippen molar-refractivity contribution in [3.63, 3.8) is 0 Å². The molecule has 2 aromatic carbocycles. The molecule has 0 saturated heterocycles. The first-order valence-corrected chi connectivity index (χ1v) is 9.23. The van der Waals surface area contributed by atoms with Gasteiger partial charge in [0.15, 0.2) is 24.7 Å². The zero-order chi connectivity index (χ0) is 23.4. The van der Waals surface area contributed by atoms with Crippen molar-refractivity contribution in [2.45, 2.75) is 0 Å². The van der Waals surface area contributed by atoms with Gasteiger partial charge >= 0.3 is 5.97 Å². The fourth-order valence-corrected chi connectivity index (χ4v) is 2.91. The van der Waals surface area contributed by atoms with Gasteiger partial charge in [-0.3, -0.25) is 24.1 Å². The number of ether oxygens (including phenoxy) is 3. The lowest BCUT2D eigenvalue weighted by Gasteiger charge is -2.11. The summed E-state index contributed by atoms with van der Waals surface area (Å²) in [7, 11) is 2.72. The molecule has 1 aliphatic rings. The van der Waals surface area contributed by atoms with Gasteiger partial charge < -0.3 is 25.3 Å². The minimum atomic E-state index is -0.795. The van der Waals surface area contributed by atoms with Crippen LogP contribution in [0.5, 0.6) is 11.5 Å². The highest BCUT2D eigenvalue weighted by Gasteiger charge is 2.32. The summed E-state index contributed by atoms with van der Waals surface area (Å²) >= 11 is 0. The zero-order valence-electron chi connectivity index (χ0n) is 17.2. The van der Waals surface area contributed by atoms with Crippen LogP contribution in [0.15, 0.2) is 36.4 Å². The van der Waals surface area contributed by atoms with Gasteiger partial charge in [-0.05, 0) is 36.4 Å². The number of carbonyl (C=O) groups excluding carboxylic acids is 5. The number of anilines is 1. The van der Waals surface area contributed by atoms with E-state index in [4.69, 9.17) is 19.9 Å². The van der Waals surface area contributed by atoms with Crippen molar-refractivity contribution in [2.75, 3.05) is 32.7 Å². The first kappa shape index (κ1) is 22.3. The summed E-state index contributed by atoms with van der Waals surface area (Å²) in [5, 5.41) is 2.50. The number of hydrogen-bond donors (Lipinski definition) is 2. The van der Waals surface area contributed by atoms with Gasteiger partial charge in [-0.2, -0.15) is 0 Å². The molecule has 0 bridgehead atoms. The van der Waals surface area contributed by atoms with E-state index in [2.05, 4.69) is 5.32 Å². The molecule has 0 fully saturated rings. The number of carbonyl (C=O) groups is 5. The average molecular weight is 441 g/mol. The maximum absolute atomic E-state index is 12.3. The molecule has 0 aliphatic carbocycles. The van der Waals surface area contributed by atoms with Gasteiger partial charge in [-0.1, -0.05) is 0 Å². The second kappa shape index (κ2) is 9.16. The summed E-state index contributed by atoms with van der Waals surface area (Å²) in [4.78, 5) is 60.2. The topological polar surface area (TPSA) is 154 Å². The SMILES string of the molecule is COc1cc(C(=O)OCC(=O)Nc2ccc3c(c2)C(=O)N(C)C3=O)ccc1OCC(N)=O. The molecule has 3 rings (SSSR count). The monoisotopic (exact) mass is 441 g/mol. The van der Waals surface area contributed by atoms with Gasteiger partial charge in [0.25, 0.3) is 23.6 Å². The van der Waals surface area contributed by atoms with E-state index in [1.807, 2.05) is 0 Å². The highest BCUT2D eigenvalue weighted by atomic mass is 16.5. The van der Waals surface area contributed by atoms with Gasteiger partial charge in [0.2, 0.25) is 0 Å². The van der Waals surface area contributed by atoms with Crippen LogP contribution in [-0.2, 0) is 14.3 Å². The van der Waals surface area contributed by atoms with Gasteiger partial charge in [-0.15, -0.1) is 0 Å². The number of esters is 1. The molecule has 3 N–H and O–H groups in total. The largest absolute Gasteiger partial charge is 0.493 e. The standard InChI is InChI=1S/C21H19N3O8/c1-24-19(27)13-5-4-12(8-14(13)20(24)28)23-18(26)10-32-21(29)11-3-6-15(16(7-11)30-2)31-9-17(22)25/h3-8H,9-10H2,1-2H3,(H2,22,25)(H,23,26). The predicted molar refractivity (Wildman–Crippen MR) is 109 cm³/mol. The first-order chi connectivity index (χ1) is 15.2. The summed E-state index contributed by atoms with van der Waals surface area (Å²) in [6, 6.07) is 8.40. The Morgan fingerprint density at radius 1 is 0.969 bits per heavy atom. The van der Waals surface area contributed by atoms with Crippen LogP contribution in [0.1, 0.15) is 31.1 Å². The van der Waals surface area contributed by atoms with E-state index in [9.17, 15) is 24.0 Å². The van der Waals surface area contributed by atoms with Gasteiger partial charge in [0, 0.05) is 12.7 Å². The number of methoxy groups -OCH3 is 1. The third-order valence-electron chi connectivity index (χ3n) is 4.48.